The summed E-state index contributed by atoms with van der Waals surface area (Å²) in [7, 11) is 1.58. The maximum atomic E-state index is 12.7. The second-order valence-electron chi connectivity index (χ2n) is 6.42. The van der Waals surface area contributed by atoms with Crippen molar-refractivity contribution < 1.29 is 9.84 Å². The van der Waals surface area contributed by atoms with Crippen LogP contribution >= 0.6 is 27.3 Å². The molecule has 1 N–H and O–H groups in total. The van der Waals surface area contributed by atoms with Gasteiger partial charge < -0.3 is 9.84 Å². The van der Waals surface area contributed by atoms with Gasteiger partial charge in [-0.05, 0) is 46.6 Å². The first-order valence-corrected chi connectivity index (χ1v) is 10.2. The zero-order valence-electron chi connectivity index (χ0n) is 15.3. The molecule has 0 aliphatic carbocycles. The van der Waals surface area contributed by atoms with Gasteiger partial charge in [0, 0.05) is 22.7 Å². The highest BCUT2D eigenvalue weighted by molar-refractivity contribution is 9.11. The monoisotopic (exact) mass is 456 g/mol. The number of fused-ring (bicyclic) bond motifs is 1. The lowest BCUT2D eigenvalue weighted by Crippen LogP contribution is -2.22. The van der Waals surface area contributed by atoms with Crippen molar-refractivity contribution in [3.63, 3.8) is 0 Å². The number of aryl methyl sites for hydroxylation is 2. The van der Waals surface area contributed by atoms with Crippen LogP contribution < -0.4 is 10.3 Å². The molecule has 4 rings (SSSR count). The van der Waals surface area contributed by atoms with E-state index in [-0.39, 0.29) is 16.9 Å². The SMILES string of the molecule is Cc1nn(C)c(=O)c(-c2c(Br)sc3cc(OCc4ccccc4)ccc23)c1O. The minimum atomic E-state index is -0.340. The summed E-state index contributed by atoms with van der Waals surface area (Å²) in [6, 6.07) is 15.7. The first-order valence-electron chi connectivity index (χ1n) is 8.61. The first-order chi connectivity index (χ1) is 13.5. The topological polar surface area (TPSA) is 64.4 Å². The van der Waals surface area contributed by atoms with E-state index < -0.39 is 0 Å². The van der Waals surface area contributed by atoms with E-state index in [1.807, 2.05) is 48.5 Å². The summed E-state index contributed by atoms with van der Waals surface area (Å²) in [6.07, 6.45) is 0. The number of benzene rings is 2. The third-order valence-corrected chi connectivity index (χ3v) is 6.33. The molecule has 0 bridgehead atoms. The summed E-state index contributed by atoms with van der Waals surface area (Å²) in [5, 5.41) is 15.4. The van der Waals surface area contributed by atoms with Crippen LogP contribution in [0.2, 0.25) is 0 Å². The largest absolute Gasteiger partial charge is 0.505 e. The Morgan fingerprint density at radius 2 is 1.93 bits per heavy atom. The van der Waals surface area contributed by atoms with Crippen molar-refractivity contribution in [3.8, 4) is 22.6 Å². The van der Waals surface area contributed by atoms with Crippen LogP contribution in [0.25, 0.3) is 21.2 Å². The molecule has 2 heterocycles. The van der Waals surface area contributed by atoms with Crippen molar-refractivity contribution in [3.05, 3.63) is 73.9 Å². The maximum absolute atomic E-state index is 12.7. The van der Waals surface area contributed by atoms with Crippen molar-refractivity contribution in [1.29, 1.82) is 0 Å². The molecule has 0 unspecified atom stereocenters. The van der Waals surface area contributed by atoms with Gasteiger partial charge in [0.2, 0.25) is 0 Å². The number of nitrogens with zero attached hydrogens (tertiary/aromatic N) is 2. The third kappa shape index (κ3) is 3.31. The van der Waals surface area contributed by atoms with Crippen LogP contribution in [0.4, 0.5) is 0 Å². The zero-order chi connectivity index (χ0) is 19.8. The van der Waals surface area contributed by atoms with E-state index in [1.54, 1.807) is 14.0 Å². The van der Waals surface area contributed by atoms with Gasteiger partial charge in [0.25, 0.3) is 5.56 Å². The predicted molar refractivity (Wildman–Crippen MR) is 115 cm³/mol. The molecule has 0 radical (unpaired) electrons. The molecule has 2 aromatic heterocycles. The molecule has 0 saturated carbocycles. The molecule has 0 amide bonds. The van der Waals surface area contributed by atoms with E-state index in [1.165, 1.54) is 16.0 Å². The number of hydrogen-bond acceptors (Lipinski definition) is 5. The van der Waals surface area contributed by atoms with E-state index in [0.29, 0.717) is 17.9 Å². The van der Waals surface area contributed by atoms with Gasteiger partial charge in [-0.1, -0.05) is 30.3 Å². The maximum Gasteiger partial charge on any atom is 0.278 e. The van der Waals surface area contributed by atoms with Crippen LogP contribution in [0.5, 0.6) is 11.5 Å². The molecule has 0 fully saturated rings. The lowest BCUT2D eigenvalue weighted by Gasteiger charge is -2.09. The van der Waals surface area contributed by atoms with E-state index >= 15 is 0 Å². The summed E-state index contributed by atoms with van der Waals surface area (Å²) in [5.74, 6) is 0.660. The molecule has 0 spiro atoms. The van der Waals surface area contributed by atoms with Gasteiger partial charge in [-0.2, -0.15) is 5.10 Å². The van der Waals surface area contributed by atoms with Gasteiger partial charge >= 0.3 is 0 Å². The van der Waals surface area contributed by atoms with E-state index in [4.69, 9.17) is 4.74 Å². The number of rotatable bonds is 4. The van der Waals surface area contributed by atoms with Crippen molar-refractivity contribution >= 4 is 37.4 Å². The molecular weight excluding hydrogens is 440 g/mol. The summed E-state index contributed by atoms with van der Waals surface area (Å²) < 4.78 is 8.89. The average molecular weight is 457 g/mol. The summed E-state index contributed by atoms with van der Waals surface area (Å²) >= 11 is 5.06. The van der Waals surface area contributed by atoms with Crippen LogP contribution in [-0.4, -0.2) is 14.9 Å². The predicted octanol–water partition coefficient (Wildman–Crippen LogP) is 5.02. The van der Waals surface area contributed by atoms with Crippen LogP contribution in [0.3, 0.4) is 0 Å². The smallest absolute Gasteiger partial charge is 0.278 e. The number of aromatic nitrogens is 2. The van der Waals surface area contributed by atoms with E-state index in [9.17, 15) is 9.90 Å². The van der Waals surface area contributed by atoms with E-state index in [2.05, 4.69) is 21.0 Å². The highest BCUT2D eigenvalue weighted by atomic mass is 79.9. The van der Waals surface area contributed by atoms with Gasteiger partial charge in [-0.25, -0.2) is 4.68 Å². The number of thiophene rings is 1. The lowest BCUT2D eigenvalue weighted by molar-refractivity contribution is 0.306. The van der Waals surface area contributed by atoms with Crippen molar-refractivity contribution in [2.24, 2.45) is 7.05 Å². The Morgan fingerprint density at radius 1 is 1.18 bits per heavy atom. The molecular formula is C21H17BrN2O3S. The molecule has 4 aromatic rings. The molecule has 142 valence electrons. The quantitative estimate of drug-likeness (QED) is 0.468. The van der Waals surface area contributed by atoms with Crippen molar-refractivity contribution in [2.75, 3.05) is 0 Å². The van der Waals surface area contributed by atoms with Crippen molar-refractivity contribution in [1.82, 2.24) is 9.78 Å². The lowest BCUT2D eigenvalue weighted by atomic mass is 10.0. The van der Waals surface area contributed by atoms with Crippen LogP contribution in [-0.2, 0) is 13.7 Å². The Kier molecular flexibility index (Phi) is 4.95. The fourth-order valence-electron chi connectivity index (χ4n) is 3.10. The van der Waals surface area contributed by atoms with Gasteiger partial charge in [0.05, 0.1) is 9.35 Å². The molecule has 0 aliphatic rings. The van der Waals surface area contributed by atoms with Gasteiger partial charge in [-0.3, -0.25) is 4.79 Å². The standard InChI is InChI=1S/C21H17BrN2O3S/c1-12-19(25)18(21(26)24(2)23-12)17-15-9-8-14(10-16(15)28-20(17)22)27-11-13-6-4-3-5-7-13/h3-10,25H,11H2,1-2H3. The number of halogens is 1. The Labute approximate surface area is 174 Å². The Bertz CT molecular complexity index is 1230. The molecule has 28 heavy (non-hydrogen) atoms. The first kappa shape index (κ1) is 18.7. The second-order valence-corrected chi connectivity index (χ2v) is 8.79. The van der Waals surface area contributed by atoms with Gasteiger partial charge in [-0.15, -0.1) is 11.3 Å². The summed E-state index contributed by atoms with van der Waals surface area (Å²) in [4.78, 5) is 12.7. The minimum Gasteiger partial charge on any atom is -0.505 e. The molecule has 7 heteroatoms. The Hall–Kier alpha value is -2.64. The molecule has 2 aromatic carbocycles. The Balaban J connectivity index is 1.77. The third-order valence-electron chi connectivity index (χ3n) is 4.50. The Morgan fingerprint density at radius 3 is 2.68 bits per heavy atom. The zero-order valence-corrected chi connectivity index (χ0v) is 17.7. The fraction of sp³-hybridized carbons (Fsp3) is 0.143. The fourth-order valence-corrected chi connectivity index (χ4v) is 5.00. The van der Waals surface area contributed by atoms with Gasteiger partial charge in [0.15, 0.2) is 5.75 Å². The normalized spacial score (nSPS) is 11.1. The number of ether oxygens (including phenoxy) is 1. The van der Waals surface area contributed by atoms with Crippen LogP contribution in [0.15, 0.2) is 57.1 Å². The minimum absolute atomic E-state index is 0.0899. The second kappa shape index (κ2) is 7.41. The molecule has 5 nitrogen and oxygen atoms in total. The van der Waals surface area contributed by atoms with Crippen LogP contribution in [0, 0.1) is 6.92 Å². The molecule has 0 atom stereocenters. The summed E-state index contributed by atoms with van der Waals surface area (Å²) in [5.41, 5.74) is 2.10. The van der Waals surface area contributed by atoms with E-state index in [0.717, 1.165) is 25.2 Å². The molecule has 0 saturated heterocycles. The summed E-state index contributed by atoms with van der Waals surface area (Å²) in [6.45, 7) is 2.16. The number of aromatic hydroxyl groups is 1. The van der Waals surface area contributed by atoms with Crippen molar-refractivity contribution in [2.45, 2.75) is 13.5 Å². The highest BCUT2D eigenvalue weighted by Gasteiger charge is 2.22. The van der Waals surface area contributed by atoms with Crippen LogP contribution in [0.1, 0.15) is 11.3 Å². The average Bonchev–Trinajstić information content (AvgIpc) is 3.01. The molecule has 0 aliphatic heterocycles. The highest BCUT2D eigenvalue weighted by Crippen LogP contribution is 2.45. The number of hydrogen-bond donors (Lipinski definition) is 1. The van der Waals surface area contributed by atoms with Gasteiger partial charge in [0.1, 0.15) is 18.1 Å².